The third-order valence-corrected chi connectivity index (χ3v) is 10.7. The van der Waals surface area contributed by atoms with Crippen molar-refractivity contribution in [1.82, 2.24) is 0 Å². The van der Waals surface area contributed by atoms with Crippen LogP contribution in [0.25, 0.3) is 0 Å². The van der Waals surface area contributed by atoms with Crippen LogP contribution in [0, 0.1) is 23.7 Å². The minimum Gasteiger partial charge on any atom is -0.153 e. The second-order valence-electron chi connectivity index (χ2n) is 8.35. The SMILES string of the molecule is CCCCC1CCC2C(C1)S[C@H]1C3CC[C@@H](C)CC3SC21. The summed E-state index contributed by atoms with van der Waals surface area (Å²) in [7, 11) is 0. The molecule has 2 aliphatic carbocycles. The van der Waals surface area contributed by atoms with Crippen molar-refractivity contribution >= 4 is 23.5 Å². The van der Waals surface area contributed by atoms with Crippen molar-refractivity contribution in [3.05, 3.63) is 0 Å². The maximum absolute atomic E-state index is 2.49. The van der Waals surface area contributed by atoms with Gasteiger partial charge in [0.1, 0.15) is 0 Å². The van der Waals surface area contributed by atoms with Crippen molar-refractivity contribution in [2.45, 2.75) is 92.6 Å². The maximum atomic E-state index is 2.49. The highest BCUT2D eigenvalue weighted by atomic mass is 32.2. The molecule has 2 aliphatic heterocycles. The molecular weight excluding hydrogens is 292 g/mol. The normalized spacial score (nSPS) is 52.3. The van der Waals surface area contributed by atoms with E-state index in [0.29, 0.717) is 0 Å². The quantitative estimate of drug-likeness (QED) is 0.624. The summed E-state index contributed by atoms with van der Waals surface area (Å²) in [4.78, 5) is 0. The van der Waals surface area contributed by atoms with E-state index in [4.69, 9.17) is 0 Å². The van der Waals surface area contributed by atoms with Crippen LogP contribution in [0.5, 0.6) is 0 Å². The third kappa shape index (κ3) is 2.82. The summed E-state index contributed by atoms with van der Waals surface area (Å²) in [6.07, 6.45) is 13.7. The topological polar surface area (TPSA) is 0 Å². The molecule has 0 aromatic heterocycles. The molecule has 0 amide bonds. The Labute approximate surface area is 140 Å². The number of thioether (sulfide) groups is 2. The summed E-state index contributed by atoms with van der Waals surface area (Å²) in [5.74, 6) is 4.25. The van der Waals surface area contributed by atoms with Gasteiger partial charge in [-0.25, -0.2) is 0 Å². The molecule has 2 heteroatoms. The van der Waals surface area contributed by atoms with Gasteiger partial charge < -0.3 is 0 Å². The van der Waals surface area contributed by atoms with E-state index in [0.717, 1.165) is 44.7 Å². The standard InChI is InChI=1S/C19H32S2/c1-3-4-5-13-7-9-15-17(11-13)21-18-14-8-6-12(2)10-16(14)20-19(15)18/h12-19H,3-11H2,1-2H3/t12-,13?,14?,15?,16?,17?,18+,19?/m1/s1. The van der Waals surface area contributed by atoms with E-state index in [1.165, 1.54) is 32.1 Å². The van der Waals surface area contributed by atoms with E-state index in [-0.39, 0.29) is 0 Å². The van der Waals surface area contributed by atoms with Gasteiger partial charge in [0, 0.05) is 21.0 Å². The van der Waals surface area contributed by atoms with E-state index in [1.54, 1.807) is 25.7 Å². The van der Waals surface area contributed by atoms with E-state index in [2.05, 4.69) is 37.4 Å². The van der Waals surface area contributed by atoms with Gasteiger partial charge >= 0.3 is 0 Å². The van der Waals surface area contributed by atoms with Crippen LogP contribution >= 0.6 is 23.5 Å². The molecule has 4 fully saturated rings. The average molecular weight is 325 g/mol. The molecule has 120 valence electrons. The summed E-state index contributed by atoms with van der Waals surface area (Å²) < 4.78 is 0. The molecule has 0 radical (unpaired) electrons. The number of rotatable bonds is 3. The molecule has 0 aromatic carbocycles. The molecule has 21 heavy (non-hydrogen) atoms. The van der Waals surface area contributed by atoms with Crippen LogP contribution in [-0.2, 0) is 0 Å². The van der Waals surface area contributed by atoms with Crippen molar-refractivity contribution in [2.24, 2.45) is 23.7 Å². The molecule has 2 saturated heterocycles. The fourth-order valence-electron chi connectivity index (χ4n) is 5.65. The maximum Gasteiger partial charge on any atom is 0.0211 e. The zero-order chi connectivity index (χ0) is 14.4. The zero-order valence-electron chi connectivity index (χ0n) is 13.8. The van der Waals surface area contributed by atoms with Crippen molar-refractivity contribution in [2.75, 3.05) is 0 Å². The lowest BCUT2D eigenvalue weighted by atomic mass is 9.75. The lowest BCUT2D eigenvalue weighted by Crippen LogP contribution is -2.29. The highest BCUT2D eigenvalue weighted by molar-refractivity contribution is 8.06. The predicted octanol–water partition coefficient (Wildman–Crippen LogP) is 6.00. The van der Waals surface area contributed by atoms with E-state index < -0.39 is 0 Å². The van der Waals surface area contributed by atoms with Crippen molar-refractivity contribution in [1.29, 1.82) is 0 Å². The Hall–Kier alpha value is 0.700. The Morgan fingerprint density at radius 2 is 1.52 bits per heavy atom. The molecule has 0 nitrogen and oxygen atoms in total. The van der Waals surface area contributed by atoms with Crippen molar-refractivity contribution in [3.63, 3.8) is 0 Å². The molecule has 8 atom stereocenters. The molecule has 0 spiro atoms. The zero-order valence-corrected chi connectivity index (χ0v) is 15.4. The second kappa shape index (κ2) is 6.30. The fourth-order valence-corrected chi connectivity index (χ4v) is 10.7. The van der Waals surface area contributed by atoms with Gasteiger partial charge in [-0.15, -0.1) is 0 Å². The Kier molecular flexibility index (Phi) is 4.57. The van der Waals surface area contributed by atoms with Gasteiger partial charge in [-0.05, 0) is 49.4 Å². The highest BCUT2D eigenvalue weighted by Crippen LogP contribution is 2.63. The Morgan fingerprint density at radius 3 is 2.24 bits per heavy atom. The molecule has 4 aliphatic rings. The minimum atomic E-state index is 1.00. The lowest BCUT2D eigenvalue weighted by Gasteiger charge is -2.35. The Bertz CT molecular complexity index is 369. The van der Waals surface area contributed by atoms with E-state index in [9.17, 15) is 0 Å². The van der Waals surface area contributed by atoms with Crippen LogP contribution in [0.1, 0.15) is 71.6 Å². The first-order valence-corrected chi connectivity index (χ1v) is 11.5. The van der Waals surface area contributed by atoms with Gasteiger partial charge in [-0.3, -0.25) is 0 Å². The molecular formula is C19H32S2. The van der Waals surface area contributed by atoms with Gasteiger partial charge in [0.2, 0.25) is 0 Å². The molecule has 2 saturated carbocycles. The summed E-state index contributed by atoms with van der Waals surface area (Å²) >= 11 is 4.92. The predicted molar refractivity (Wildman–Crippen MR) is 97.2 cm³/mol. The van der Waals surface area contributed by atoms with Gasteiger partial charge in [0.05, 0.1) is 0 Å². The van der Waals surface area contributed by atoms with Crippen LogP contribution in [0.3, 0.4) is 0 Å². The second-order valence-corrected chi connectivity index (χ2v) is 11.2. The van der Waals surface area contributed by atoms with Crippen LogP contribution in [-0.4, -0.2) is 21.0 Å². The first kappa shape index (κ1) is 15.2. The number of unbranched alkanes of at least 4 members (excludes halogenated alkanes) is 1. The first-order valence-electron chi connectivity index (χ1n) is 9.57. The van der Waals surface area contributed by atoms with Crippen molar-refractivity contribution < 1.29 is 0 Å². The molecule has 0 bridgehead atoms. The van der Waals surface area contributed by atoms with Crippen LogP contribution in [0.15, 0.2) is 0 Å². The minimum absolute atomic E-state index is 1.00. The Morgan fingerprint density at radius 1 is 0.857 bits per heavy atom. The molecule has 0 aromatic rings. The van der Waals surface area contributed by atoms with Gasteiger partial charge in [0.15, 0.2) is 0 Å². The van der Waals surface area contributed by atoms with E-state index in [1.807, 2.05) is 0 Å². The summed E-state index contributed by atoms with van der Waals surface area (Å²) in [5, 5.41) is 4.18. The molecule has 4 rings (SSSR count). The number of fused-ring (bicyclic) bond motifs is 5. The van der Waals surface area contributed by atoms with E-state index >= 15 is 0 Å². The first-order chi connectivity index (χ1) is 10.3. The Balaban J connectivity index is 1.40. The number of hydrogen-bond acceptors (Lipinski definition) is 2. The monoisotopic (exact) mass is 324 g/mol. The fraction of sp³-hybridized carbons (Fsp3) is 1.00. The molecule has 0 N–H and O–H groups in total. The van der Waals surface area contributed by atoms with Crippen LogP contribution < -0.4 is 0 Å². The smallest absolute Gasteiger partial charge is 0.0211 e. The van der Waals surface area contributed by atoms with Crippen molar-refractivity contribution in [3.8, 4) is 0 Å². The van der Waals surface area contributed by atoms with Gasteiger partial charge in [-0.2, -0.15) is 23.5 Å². The lowest BCUT2D eigenvalue weighted by molar-refractivity contribution is 0.265. The summed E-state index contributed by atoms with van der Waals surface area (Å²) in [6.45, 7) is 4.83. The van der Waals surface area contributed by atoms with Gasteiger partial charge in [-0.1, -0.05) is 46.0 Å². The third-order valence-electron chi connectivity index (χ3n) is 6.85. The van der Waals surface area contributed by atoms with Crippen LogP contribution in [0.2, 0.25) is 0 Å². The average Bonchev–Trinajstić information content (AvgIpc) is 2.99. The van der Waals surface area contributed by atoms with Crippen LogP contribution in [0.4, 0.5) is 0 Å². The van der Waals surface area contributed by atoms with Gasteiger partial charge in [0.25, 0.3) is 0 Å². The molecule has 2 heterocycles. The number of hydrogen-bond donors (Lipinski definition) is 0. The largest absolute Gasteiger partial charge is 0.153 e. The summed E-state index contributed by atoms with van der Waals surface area (Å²) in [5.41, 5.74) is 0. The summed E-state index contributed by atoms with van der Waals surface area (Å²) in [6, 6.07) is 0. The highest BCUT2D eigenvalue weighted by Gasteiger charge is 2.56. The molecule has 6 unspecified atom stereocenters.